The van der Waals surface area contributed by atoms with E-state index in [0.717, 1.165) is 17.9 Å². The third-order valence-corrected chi connectivity index (χ3v) is 4.78. The third kappa shape index (κ3) is 8.75. The maximum atomic E-state index is 11.2. The van der Waals surface area contributed by atoms with Crippen molar-refractivity contribution in [3.8, 4) is 5.75 Å². The molecule has 1 aromatic rings. The average Bonchev–Trinajstić information content (AvgIpc) is 3.33. The van der Waals surface area contributed by atoms with Gasteiger partial charge in [-0.2, -0.15) is 0 Å². The number of rotatable bonds is 8. The second-order valence-corrected chi connectivity index (χ2v) is 8.61. The van der Waals surface area contributed by atoms with E-state index in [1.807, 2.05) is 13.0 Å². The standard InChI is InChI=1S/C17H27N3O3S.HI/c1-13-4-7-15(16(10-13)23-12-14-5-6-14)11-20-17(18-2)19-8-9-24(3,21)22;/h4,7,10,14H,5-6,8-9,11-12H2,1-3H3,(H2,18,19,20);1H. The maximum absolute atomic E-state index is 11.2. The maximum Gasteiger partial charge on any atom is 0.191 e. The fourth-order valence-corrected chi connectivity index (χ4v) is 2.66. The highest BCUT2D eigenvalue weighted by Gasteiger charge is 2.22. The molecular formula is C17H28IN3O3S. The molecule has 2 rings (SSSR count). The molecule has 0 saturated heterocycles. The Morgan fingerprint density at radius 3 is 2.64 bits per heavy atom. The Hall–Kier alpha value is -1.03. The van der Waals surface area contributed by atoms with Gasteiger partial charge in [0.25, 0.3) is 0 Å². The van der Waals surface area contributed by atoms with Crippen LogP contribution >= 0.6 is 24.0 Å². The van der Waals surface area contributed by atoms with Gasteiger partial charge < -0.3 is 15.4 Å². The molecule has 8 heteroatoms. The molecule has 0 bridgehead atoms. The highest BCUT2D eigenvalue weighted by Crippen LogP contribution is 2.30. The van der Waals surface area contributed by atoms with Crippen LogP contribution in [0.5, 0.6) is 5.75 Å². The van der Waals surface area contributed by atoms with Crippen molar-refractivity contribution in [2.75, 3.05) is 32.2 Å². The first-order chi connectivity index (χ1) is 11.4. The summed E-state index contributed by atoms with van der Waals surface area (Å²) in [4.78, 5) is 4.11. The van der Waals surface area contributed by atoms with Gasteiger partial charge >= 0.3 is 0 Å². The molecule has 2 N–H and O–H groups in total. The Labute approximate surface area is 167 Å². The van der Waals surface area contributed by atoms with Gasteiger partial charge in [0.05, 0.1) is 12.4 Å². The zero-order valence-electron chi connectivity index (χ0n) is 15.0. The molecule has 25 heavy (non-hydrogen) atoms. The highest BCUT2D eigenvalue weighted by atomic mass is 127. The Kier molecular flexibility index (Phi) is 8.98. The Morgan fingerprint density at radius 2 is 2.04 bits per heavy atom. The molecule has 1 saturated carbocycles. The lowest BCUT2D eigenvalue weighted by molar-refractivity contribution is 0.296. The molecule has 0 amide bonds. The SMILES string of the molecule is CN=C(NCCS(C)(=O)=O)NCc1ccc(C)cc1OCC1CC1.I. The van der Waals surface area contributed by atoms with Crippen LogP contribution in [0, 0.1) is 12.8 Å². The summed E-state index contributed by atoms with van der Waals surface area (Å²) in [6.45, 7) is 3.72. The van der Waals surface area contributed by atoms with Gasteiger partial charge in [-0.1, -0.05) is 12.1 Å². The molecule has 0 aromatic heterocycles. The summed E-state index contributed by atoms with van der Waals surface area (Å²) in [5.74, 6) is 2.26. The van der Waals surface area contributed by atoms with Gasteiger partial charge in [0.1, 0.15) is 15.6 Å². The van der Waals surface area contributed by atoms with Crippen molar-refractivity contribution in [2.24, 2.45) is 10.9 Å². The summed E-state index contributed by atoms with van der Waals surface area (Å²) < 4.78 is 28.3. The molecular weight excluding hydrogens is 453 g/mol. The first-order valence-corrected chi connectivity index (χ1v) is 10.3. The van der Waals surface area contributed by atoms with Gasteiger partial charge in [-0.15, -0.1) is 24.0 Å². The van der Waals surface area contributed by atoms with Crippen LogP contribution in [0.3, 0.4) is 0 Å². The highest BCUT2D eigenvalue weighted by molar-refractivity contribution is 14.0. The summed E-state index contributed by atoms with van der Waals surface area (Å²) in [7, 11) is -1.32. The number of aryl methyl sites for hydroxylation is 1. The first kappa shape index (κ1) is 22.0. The van der Waals surface area contributed by atoms with Crippen LogP contribution in [0.2, 0.25) is 0 Å². The van der Waals surface area contributed by atoms with Gasteiger partial charge in [-0.25, -0.2) is 8.42 Å². The number of hydrogen-bond donors (Lipinski definition) is 2. The Bertz CT molecular complexity index is 688. The van der Waals surface area contributed by atoms with E-state index < -0.39 is 9.84 Å². The number of halogens is 1. The van der Waals surface area contributed by atoms with Crippen LogP contribution < -0.4 is 15.4 Å². The van der Waals surface area contributed by atoms with E-state index in [2.05, 4.69) is 27.8 Å². The van der Waals surface area contributed by atoms with Crippen molar-refractivity contribution >= 4 is 39.8 Å². The molecule has 0 heterocycles. The van der Waals surface area contributed by atoms with Crippen molar-refractivity contribution in [1.82, 2.24) is 10.6 Å². The fourth-order valence-electron chi connectivity index (χ4n) is 2.19. The predicted octanol–water partition coefficient (Wildman–Crippen LogP) is 2.11. The number of sulfone groups is 1. The fraction of sp³-hybridized carbons (Fsp3) is 0.588. The van der Waals surface area contributed by atoms with Gasteiger partial charge in [0.2, 0.25) is 0 Å². The van der Waals surface area contributed by atoms with Gasteiger partial charge in [0, 0.05) is 32.0 Å². The summed E-state index contributed by atoms with van der Waals surface area (Å²) >= 11 is 0. The molecule has 1 aliphatic carbocycles. The summed E-state index contributed by atoms with van der Waals surface area (Å²) in [6, 6.07) is 6.16. The van der Waals surface area contributed by atoms with Crippen LogP contribution in [0.25, 0.3) is 0 Å². The van der Waals surface area contributed by atoms with Crippen molar-refractivity contribution < 1.29 is 13.2 Å². The second kappa shape index (κ2) is 10.2. The normalized spacial score (nSPS) is 14.6. The van der Waals surface area contributed by atoms with Crippen molar-refractivity contribution in [2.45, 2.75) is 26.3 Å². The molecule has 1 aromatic carbocycles. The van der Waals surface area contributed by atoms with Gasteiger partial charge in [0.15, 0.2) is 5.96 Å². The second-order valence-electron chi connectivity index (χ2n) is 6.35. The summed E-state index contributed by atoms with van der Waals surface area (Å²) in [6.07, 6.45) is 3.74. The quantitative estimate of drug-likeness (QED) is 0.338. The van der Waals surface area contributed by atoms with Crippen molar-refractivity contribution in [3.63, 3.8) is 0 Å². The minimum Gasteiger partial charge on any atom is -0.493 e. The smallest absolute Gasteiger partial charge is 0.191 e. The number of guanidine groups is 1. The van der Waals surface area contributed by atoms with E-state index in [-0.39, 0.29) is 29.7 Å². The van der Waals surface area contributed by atoms with Gasteiger partial charge in [-0.05, 0) is 37.3 Å². The number of ether oxygens (including phenoxy) is 1. The molecule has 142 valence electrons. The molecule has 1 fully saturated rings. The van der Waals surface area contributed by atoms with E-state index in [0.29, 0.717) is 25.0 Å². The lowest BCUT2D eigenvalue weighted by Gasteiger charge is -2.15. The van der Waals surface area contributed by atoms with Crippen LogP contribution in [0.1, 0.15) is 24.0 Å². The van der Waals surface area contributed by atoms with Crippen molar-refractivity contribution in [3.05, 3.63) is 29.3 Å². The largest absolute Gasteiger partial charge is 0.493 e. The van der Waals surface area contributed by atoms with E-state index in [1.54, 1.807) is 7.05 Å². The van der Waals surface area contributed by atoms with E-state index in [1.165, 1.54) is 24.7 Å². The van der Waals surface area contributed by atoms with Gasteiger partial charge in [-0.3, -0.25) is 4.99 Å². The van der Waals surface area contributed by atoms with Crippen LogP contribution in [-0.2, 0) is 16.4 Å². The third-order valence-electron chi connectivity index (χ3n) is 3.83. The zero-order valence-corrected chi connectivity index (χ0v) is 18.2. The summed E-state index contributed by atoms with van der Waals surface area (Å²) in [5.41, 5.74) is 2.23. The molecule has 0 spiro atoms. The van der Waals surface area contributed by atoms with Crippen molar-refractivity contribution in [1.29, 1.82) is 0 Å². The molecule has 0 aliphatic heterocycles. The Balaban J connectivity index is 0.00000312. The molecule has 0 radical (unpaired) electrons. The number of aliphatic imine (C=N–C) groups is 1. The van der Waals surface area contributed by atoms with E-state index >= 15 is 0 Å². The van der Waals surface area contributed by atoms with E-state index in [4.69, 9.17) is 4.74 Å². The number of hydrogen-bond acceptors (Lipinski definition) is 4. The first-order valence-electron chi connectivity index (χ1n) is 8.22. The topological polar surface area (TPSA) is 79.8 Å². The minimum atomic E-state index is -2.98. The number of benzene rings is 1. The van der Waals surface area contributed by atoms with Crippen LogP contribution in [0.4, 0.5) is 0 Å². The molecule has 6 nitrogen and oxygen atoms in total. The molecule has 0 atom stereocenters. The number of nitrogens with one attached hydrogen (secondary N) is 2. The van der Waals surface area contributed by atoms with Crippen LogP contribution in [-0.4, -0.2) is 46.6 Å². The van der Waals surface area contributed by atoms with Crippen LogP contribution in [0.15, 0.2) is 23.2 Å². The minimum absolute atomic E-state index is 0. The zero-order chi connectivity index (χ0) is 17.6. The Morgan fingerprint density at radius 1 is 1.32 bits per heavy atom. The lowest BCUT2D eigenvalue weighted by atomic mass is 10.1. The lowest BCUT2D eigenvalue weighted by Crippen LogP contribution is -2.39. The average molecular weight is 481 g/mol. The van der Waals surface area contributed by atoms with E-state index in [9.17, 15) is 8.42 Å². The molecule has 0 unspecified atom stereocenters. The monoisotopic (exact) mass is 481 g/mol. The summed E-state index contributed by atoms with van der Waals surface area (Å²) in [5, 5.41) is 6.21. The number of nitrogens with zero attached hydrogens (tertiary/aromatic N) is 1. The molecule has 1 aliphatic rings. The predicted molar refractivity (Wildman–Crippen MR) is 113 cm³/mol.